The Balaban J connectivity index is 1.64. The fraction of sp³-hybridized carbons (Fsp3) is 0.478. The Kier molecular flexibility index (Phi) is 6.41. The molecule has 0 bridgehead atoms. The van der Waals surface area contributed by atoms with Crippen molar-refractivity contribution < 1.29 is 37.6 Å². The number of alkyl halides is 3. The van der Waals surface area contributed by atoms with Gasteiger partial charge in [0.25, 0.3) is 0 Å². The fourth-order valence-corrected chi connectivity index (χ4v) is 4.23. The van der Waals surface area contributed by atoms with Crippen LogP contribution in [0.15, 0.2) is 36.4 Å². The van der Waals surface area contributed by atoms with Gasteiger partial charge in [0.2, 0.25) is 0 Å². The predicted molar refractivity (Wildman–Crippen MR) is 106 cm³/mol. The van der Waals surface area contributed by atoms with Gasteiger partial charge < -0.3 is 24.4 Å². The molecule has 1 fully saturated rings. The molecule has 4 rings (SSSR count). The third-order valence-corrected chi connectivity index (χ3v) is 5.63. The zero-order valence-corrected chi connectivity index (χ0v) is 16.9. The van der Waals surface area contributed by atoms with Crippen molar-refractivity contribution >= 4 is 0 Å². The third kappa shape index (κ3) is 5.50. The van der Waals surface area contributed by atoms with Gasteiger partial charge in [0, 0.05) is 19.3 Å². The van der Waals surface area contributed by atoms with Crippen LogP contribution in [0, 0.1) is 0 Å². The van der Waals surface area contributed by atoms with Gasteiger partial charge in [-0.2, -0.15) is 0 Å². The molecular formula is C23H25F3O5. The van der Waals surface area contributed by atoms with Crippen LogP contribution in [0.5, 0.6) is 11.5 Å². The molecule has 0 amide bonds. The Hall–Kier alpha value is -2.29. The molecule has 3 atom stereocenters. The maximum Gasteiger partial charge on any atom is 0.573 e. The number of aryl methyl sites for hydroxylation is 1. The molecular weight excluding hydrogens is 413 g/mol. The lowest BCUT2D eigenvalue weighted by atomic mass is 9.93. The number of aliphatic hydroxyl groups excluding tert-OH is 2. The molecule has 31 heavy (non-hydrogen) atoms. The van der Waals surface area contributed by atoms with E-state index in [0.717, 1.165) is 29.7 Å². The van der Waals surface area contributed by atoms with Crippen LogP contribution in [0.2, 0.25) is 0 Å². The molecule has 0 radical (unpaired) electrons. The summed E-state index contributed by atoms with van der Waals surface area (Å²) in [6, 6.07) is 10.1. The molecule has 0 saturated carbocycles. The average molecular weight is 438 g/mol. The van der Waals surface area contributed by atoms with E-state index in [1.165, 1.54) is 12.1 Å². The Morgan fingerprint density at radius 1 is 1.10 bits per heavy atom. The number of ether oxygens (including phenoxy) is 3. The monoisotopic (exact) mass is 438 g/mol. The highest BCUT2D eigenvalue weighted by Gasteiger charge is 2.33. The summed E-state index contributed by atoms with van der Waals surface area (Å²) in [5, 5.41) is 19.5. The molecule has 5 nitrogen and oxygen atoms in total. The first-order valence-electron chi connectivity index (χ1n) is 10.4. The van der Waals surface area contributed by atoms with Gasteiger partial charge >= 0.3 is 6.36 Å². The van der Waals surface area contributed by atoms with Crippen LogP contribution in [0.25, 0.3) is 0 Å². The van der Waals surface area contributed by atoms with Gasteiger partial charge in [-0.3, -0.25) is 0 Å². The van der Waals surface area contributed by atoms with Crippen molar-refractivity contribution in [1.82, 2.24) is 0 Å². The Morgan fingerprint density at radius 2 is 1.94 bits per heavy atom. The number of rotatable bonds is 5. The summed E-state index contributed by atoms with van der Waals surface area (Å²) in [6.07, 6.45) is -3.83. The standard InChI is InChI=1S/C23H25F3O5/c24-23(25,26)31-21-6-4-16(22-12-18(28)11-19(13-27)30-22)10-17(21)9-14-3-5-20-15(8-14)2-1-7-29-20/h3-6,8,10,18-19,22,27-28H,1-2,7,9,11-13H2/t18-,19-,22+/m0/s1. The zero-order valence-electron chi connectivity index (χ0n) is 16.9. The van der Waals surface area contributed by atoms with Crippen molar-refractivity contribution in [3.8, 4) is 11.5 Å². The quantitative estimate of drug-likeness (QED) is 0.737. The molecule has 2 heterocycles. The first-order valence-corrected chi connectivity index (χ1v) is 10.4. The van der Waals surface area contributed by atoms with Gasteiger partial charge in [0.1, 0.15) is 11.5 Å². The van der Waals surface area contributed by atoms with Crippen LogP contribution < -0.4 is 9.47 Å². The largest absolute Gasteiger partial charge is 0.573 e. The van der Waals surface area contributed by atoms with Crippen molar-refractivity contribution in [3.05, 3.63) is 58.7 Å². The van der Waals surface area contributed by atoms with Crippen LogP contribution >= 0.6 is 0 Å². The molecule has 8 heteroatoms. The molecule has 168 valence electrons. The minimum Gasteiger partial charge on any atom is -0.493 e. The van der Waals surface area contributed by atoms with E-state index in [9.17, 15) is 23.4 Å². The number of hydrogen-bond donors (Lipinski definition) is 2. The summed E-state index contributed by atoms with van der Waals surface area (Å²) in [4.78, 5) is 0. The third-order valence-electron chi connectivity index (χ3n) is 5.63. The minimum absolute atomic E-state index is 0.229. The molecule has 2 N–H and O–H groups in total. The van der Waals surface area contributed by atoms with E-state index < -0.39 is 24.7 Å². The molecule has 0 aliphatic carbocycles. The fourth-order valence-electron chi connectivity index (χ4n) is 4.23. The molecule has 2 aliphatic heterocycles. The smallest absolute Gasteiger partial charge is 0.493 e. The summed E-state index contributed by atoms with van der Waals surface area (Å²) >= 11 is 0. The predicted octanol–water partition coefficient (Wildman–Crippen LogP) is 4.07. The maximum atomic E-state index is 13.0. The molecule has 0 unspecified atom stereocenters. The van der Waals surface area contributed by atoms with E-state index >= 15 is 0 Å². The topological polar surface area (TPSA) is 68.2 Å². The van der Waals surface area contributed by atoms with E-state index in [4.69, 9.17) is 9.47 Å². The Bertz CT molecular complexity index is 915. The van der Waals surface area contributed by atoms with Gasteiger partial charge in [-0.05, 0) is 53.3 Å². The van der Waals surface area contributed by atoms with E-state index in [-0.39, 0.29) is 18.8 Å². The van der Waals surface area contributed by atoms with Gasteiger partial charge in [0.15, 0.2) is 0 Å². The summed E-state index contributed by atoms with van der Waals surface area (Å²) in [6.45, 7) is 0.437. The average Bonchev–Trinajstić information content (AvgIpc) is 2.73. The lowest BCUT2D eigenvalue weighted by molar-refractivity contribution is -0.274. The highest BCUT2D eigenvalue weighted by atomic mass is 19.4. The molecule has 2 aliphatic rings. The molecule has 2 aromatic rings. The SMILES string of the molecule is OC[C@@H]1C[C@H](O)C[C@H](c2ccc(OC(F)(F)F)c(Cc3ccc4c(c3)CCCO4)c2)O1. The van der Waals surface area contributed by atoms with Gasteiger partial charge in [-0.25, -0.2) is 0 Å². The van der Waals surface area contributed by atoms with Crippen molar-refractivity contribution in [2.45, 2.75) is 56.8 Å². The lowest BCUT2D eigenvalue weighted by Crippen LogP contribution is -2.33. The number of hydrogen-bond acceptors (Lipinski definition) is 5. The van der Waals surface area contributed by atoms with Crippen molar-refractivity contribution in [3.63, 3.8) is 0 Å². The zero-order chi connectivity index (χ0) is 22.0. The number of aliphatic hydroxyl groups is 2. The Labute approximate surface area is 178 Å². The van der Waals surface area contributed by atoms with E-state index in [1.54, 1.807) is 6.07 Å². The molecule has 2 aromatic carbocycles. The van der Waals surface area contributed by atoms with Crippen LogP contribution in [0.4, 0.5) is 13.2 Å². The van der Waals surface area contributed by atoms with Crippen LogP contribution in [-0.2, 0) is 17.6 Å². The minimum atomic E-state index is -4.81. The van der Waals surface area contributed by atoms with Crippen molar-refractivity contribution in [2.75, 3.05) is 13.2 Å². The number of halogens is 3. The van der Waals surface area contributed by atoms with Crippen molar-refractivity contribution in [2.24, 2.45) is 0 Å². The van der Waals surface area contributed by atoms with E-state index in [2.05, 4.69) is 4.74 Å². The molecule has 1 saturated heterocycles. The first kappa shape index (κ1) is 21.9. The highest BCUT2D eigenvalue weighted by Crippen LogP contribution is 2.36. The summed E-state index contributed by atoms with van der Waals surface area (Å²) in [5.41, 5.74) is 2.91. The van der Waals surface area contributed by atoms with Gasteiger partial charge in [0.05, 0.1) is 31.5 Å². The van der Waals surface area contributed by atoms with Gasteiger partial charge in [-0.1, -0.05) is 18.2 Å². The second-order valence-corrected chi connectivity index (χ2v) is 8.04. The summed E-state index contributed by atoms with van der Waals surface area (Å²) < 4.78 is 54.6. The highest BCUT2D eigenvalue weighted by molar-refractivity contribution is 5.45. The molecule has 0 spiro atoms. The van der Waals surface area contributed by atoms with Crippen LogP contribution in [0.3, 0.4) is 0 Å². The van der Waals surface area contributed by atoms with Crippen LogP contribution in [-0.4, -0.2) is 42.0 Å². The lowest BCUT2D eigenvalue weighted by Gasteiger charge is -2.33. The first-order chi connectivity index (χ1) is 14.8. The van der Waals surface area contributed by atoms with Crippen molar-refractivity contribution in [1.29, 1.82) is 0 Å². The number of benzene rings is 2. The molecule has 0 aromatic heterocycles. The van der Waals surface area contributed by atoms with E-state index in [0.29, 0.717) is 30.6 Å². The summed E-state index contributed by atoms with van der Waals surface area (Å²) in [5.74, 6) is 0.551. The summed E-state index contributed by atoms with van der Waals surface area (Å²) in [7, 11) is 0. The number of fused-ring (bicyclic) bond motifs is 1. The maximum absolute atomic E-state index is 13.0. The normalized spacial score (nSPS) is 23.7. The second-order valence-electron chi connectivity index (χ2n) is 8.04. The Morgan fingerprint density at radius 3 is 2.71 bits per heavy atom. The second kappa shape index (κ2) is 9.06. The van der Waals surface area contributed by atoms with E-state index in [1.807, 2.05) is 18.2 Å². The van der Waals surface area contributed by atoms with Gasteiger partial charge in [-0.15, -0.1) is 13.2 Å². The van der Waals surface area contributed by atoms with Crippen LogP contribution in [0.1, 0.15) is 47.6 Å².